The first-order chi connectivity index (χ1) is 5.38. The zero-order valence-corrected chi connectivity index (χ0v) is 9.33. The molecule has 0 aliphatic carbocycles. The van der Waals surface area contributed by atoms with E-state index < -0.39 is 11.4 Å². The molecule has 2 atom stereocenters. The standard InChI is InChI=1S/C8H19NO2S/c1-6-11-7(2)9-12(10)8(3,4)5/h7,9H,6H2,1-5H3/t7-,12-/m0/s1. The van der Waals surface area contributed by atoms with Gasteiger partial charge in [-0.05, 0) is 34.6 Å². The molecule has 74 valence electrons. The van der Waals surface area contributed by atoms with Crippen LogP contribution in [0.5, 0.6) is 0 Å². The molecule has 0 fully saturated rings. The molecule has 0 amide bonds. The van der Waals surface area contributed by atoms with Crippen molar-refractivity contribution in [2.24, 2.45) is 0 Å². The molecule has 3 nitrogen and oxygen atoms in total. The summed E-state index contributed by atoms with van der Waals surface area (Å²) < 4.78 is 19.3. The van der Waals surface area contributed by atoms with Crippen molar-refractivity contribution in [2.75, 3.05) is 6.61 Å². The van der Waals surface area contributed by atoms with Crippen LogP contribution in [0.4, 0.5) is 0 Å². The predicted octanol–water partition coefficient (Wildman–Crippen LogP) is 1.42. The van der Waals surface area contributed by atoms with Gasteiger partial charge >= 0.3 is 0 Å². The first-order valence-electron chi connectivity index (χ1n) is 4.17. The van der Waals surface area contributed by atoms with Gasteiger partial charge < -0.3 is 9.29 Å². The van der Waals surface area contributed by atoms with E-state index in [1.807, 2.05) is 34.6 Å². The van der Waals surface area contributed by atoms with E-state index in [0.717, 1.165) is 0 Å². The second-order valence-corrected chi connectivity index (χ2v) is 5.59. The normalized spacial score (nSPS) is 17.5. The fraction of sp³-hybridized carbons (Fsp3) is 1.00. The summed E-state index contributed by atoms with van der Waals surface area (Å²) >= 11 is -1.04. The highest BCUT2D eigenvalue weighted by Crippen LogP contribution is 2.13. The summed E-state index contributed by atoms with van der Waals surface area (Å²) in [6, 6.07) is 0. The van der Waals surface area contributed by atoms with E-state index in [2.05, 4.69) is 4.72 Å². The Morgan fingerprint density at radius 2 is 2.00 bits per heavy atom. The van der Waals surface area contributed by atoms with Gasteiger partial charge in [-0.25, -0.2) is 0 Å². The lowest BCUT2D eigenvalue weighted by Gasteiger charge is -2.26. The Kier molecular flexibility index (Phi) is 5.16. The highest BCUT2D eigenvalue weighted by molar-refractivity contribution is 7.90. The molecule has 0 aromatic heterocycles. The van der Waals surface area contributed by atoms with Gasteiger partial charge in [0.05, 0.1) is 0 Å². The molecule has 0 rings (SSSR count). The minimum absolute atomic E-state index is 0.143. The summed E-state index contributed by atoms with van der Waals surface area (Å²) in [4.78, 5) is 0. The van der Waals surface area contributed by atoms with Crippen LogP contribution in [0, 0.1) is 0 Å². The van der Waals surface area contributed by atoms with Gasteiger partial charge in [-0.15, -0.1) is 4.72 Å². The Morgan fingerprint density at radius 3 is 2.33 bits per heavy atom. The van der Waals surface area contributed by atoms with Crippen LogP contribution in [0.15, 0.2) is 0 Å². The van der Waals surface area contributed by atoms with Gasteiger partial charge in [0.1, 0.15) is 11.0 Å². The molecular formula is C8H19NO2S. The minimum atomic E-state index is -1.04. The number of nitrogens with one attached hydrogen (secondary N) is 1. The first kappa shape index (κ1) is 12.2. The molecule has 12 heavy (non-hydrogen) atoms. The maximum absolute atomic E-state index is 11.5. The molecule has 0 radical (unpaired) electrons. The van der Waals surface area contributed by atoms with Crippen molar-refractivity contribution in [3.8, 4) is 0 Å². The fourth-order valence-electron chi connectivity index (χ4n) is 0.612. The summed E-state index contributed by atoms with van der Waals surface area (Å²) in [6.45, 7) is 10.2. The molecule has 4 heteroatoms. The van der Waals surface area contributed by atoms with E-state index in [4.69, 9.17) is 4.74 Å². The zero-order valence-electron chi connectivity index (χ0n) is 8.51. The average Bonchev–Trinajstić information content (AvgIpc) is 1.85. The lowest BCUT2D eigenvalue weighted by molar-refractivity contribution is 0.0684. The van der Waals surface area contributed by atoms with E-state index in [0.29, 0.717) is 6.61 Å². The first-order valence-corrected chi connectivity index (χ1v) is 5.32. The summed E-state index contributed by atoms with van der Waals surface area (Å²) in [5.74, 6) is 0. The zero-order chi connectivity index (χ0) is 9.78. The van der Waals surface area contributed by atoms with Crippen LogP contribution < -0.4 is 4.72 Å². The van der Waals surface area contributed by atoms with Crippen molar-refractivity contribution in [1.82, 2.24) is 4.72 Å². The molecule has 0 aliphatic heterocycles. The van der Waals surface area contributed by atoms with Crippen LogP contribution in [-0.2, 0) is 16.1 Å². The van der Waals surface area contributed by atoms with Gasteiger partial charge in [-0.3, -0.25) is 0 Å². The Labute approximate surface area is 78.2 Å². The maximum atomic E-state index is 11.5. The minimum Gasteiger partial charge on any atom is -0.598 e. The summed E-state index contributed by atoms with van der Waals surface area (Å²) in [5.41, 5.74) is 0. The molecule has 1 N–H and O–H groups in total. The molecule has 0 aliphatic rings. The average molecular weight is 193 g/mol. The number of hydrogen-bond donors (Lipinski definition) is 1. The van der Waals surface area contributed by atoms with Gasteiger partial charge in [0, 0.05) is 18.0 Å². The Hall–Kier alpha value is 0.230. The van der Waals surface area contributed by atoms with Crippen molar-refractivity contribution in [3.05, 3.63) is 0 Å². The Bertz CT molecular complexity index is 125. The molecule has 0 spiro atoms. The summed E-state index contributed by atoms with van der Waals surface area (Å²) in [5, 5.41) is 0. The van der Waals surface area contributed by atoms with Crippen LogP contribution in [0.2, 0.25) is 0 Å². The predicted molar refractivity (Wildman–Crippen MR) is 52.1 cm³/mol. The highest BCUT2D eigenvalue weighted by atomic mass is 32.2. The molecule has 0 saturated carbocycles. The molecule has 0 bridgehead atoms. The van der Waals surface area contributed by atoms with Crippen molar-refractivity contribution >= 4 is 11.4 Å². The quantitative estimate of drug-likeness (QED) is 0.542. The smallest absolute Gasteiger partial charge is 0.147 e. The molecule has 0 saturated heterocycles. The molecular weight excluding hydrogens is 174 g/mol. The van der Waals surface area contributed by atoms with Crippen molar-refractivity contribution in [2.45, 2.75) is 45.6 Å². The third kappa shape index (κ3) is 4.98. The monoisotopic (exact) mass is 193 g/mol. The highest BCUT2D eigenvalue weighted by Gasteiger charge is 2.27. The van der Waals surface area contributed by atoms with Gasteiger partial charge in [-0.2, -0.15) is 0 Å². The van der Waals surface area contributed by atoms with E-state index in [1.54, 1.807) is 0 Å². The topological polar surface area (TPSA) is 44.3 Å². The second-order valence-electron chi connectivity index (χ2n) is 3.60. The Balaban J connectivity index is 3.76. The SMILES string of the molecule is CCO[C@@H](C)N[S@@+]([O-])C(C)(C)C. The van der Waals surface area contributed by atoms with E-state index in [-0.39, 0.29) is 11.0 Å². The van der Waals surface area contributed by atoms with Crippen LogP contribution in [0.1, 0.15) is 34.6 Å². The van der Waals surface area contributed by atoms with Gasteiger partial charge in [0.15, 0.2) is 0 Å². The number of hydrogen-bond acceptors (Lipinski definition) is 3. The van der Waals surface area contributed by atoms with Crippen molar-refractivity contribution in [1.29, 1.82) is 0 Å². The summed E-state index contributed by atoms with van der Waals surface area (Å²) in [7, 11) is 0. The lowest BCUT2D eigenvalue weighted by Crippen LogP contribution is -2.44. The second kappa shape index (κ2) is 5.07. The van der Waals surface area contributed by atoms with Gasteiger partial charge in [-0.1, -0.05) is 0 Å². The van der Waals surface area contributed by atoms with Gasteiger partial charge in [0.25, 0.3) is 0 Å². The molecule has 0 unspecified atom stereocenters. The summed E-state index contributed by atoms with van der Waals surface area (Å²) in [6.07, 6.45) is -0.143. The van der Waals surface area contributed by atoms with Crippen LogP contribution in [-0.4, -0.2) is 22.1 Å². The lowest BCUT2D eigenvalue weighted by atomic mass is 10.3. The van der Waals surface area contributed by atoms with E-state index in [1.165, 1.54) is 0 Å². The number of ether oxygens (including phenoxy) is 1. The van der Waals surface area contributed by atoms with Crippen molar-refractivity contribution < 1.29 is 9.29 Å². The Morgan fingerprint density at radius 1 is 1.50 bits per heavy atom. The third-order valence-corrected chi connectivity index (χ3v) is 2.90. The molecule has 0 heterocycles. The van der Waals surface area contributed by atoms with E-state index in [9.17, 15) is 4.55 Å². The van der Waals surface area contributed by atoms with E-state index >= 15 is 0 Å². The van der Waals surface area contributed by atoms with Crippen LogP contribution in [0.25, 0.3) is 0 Å². The van der Waals surface area contributed by atoms with Crippen LogP contribution in [0.3, 0.4) is 0 Å². The van der Waals surface area contributed by atoms with Gasteiger partial charge in [0.2, 0.25) is 0 Å². The molecule has 0 aromatic rings. The van der Waals surface area contributed by atoms with Crippen molar-refractivity contribution in [3.63, 3.8) is 0 Å². The maximum Gasteiger partial charge on any atom is 0.147 e. The largest absolute Gasteiger partial charge is 0.598 e. The number of rotatable bonds is 4. The third-order valence-electron chi connectivity index (χ3n) is 1.25. The fourth-order valence-corrected chi connectivity index (χ4v) is 1.33. The molecule has 0 aromatic carbocycles. The van der Waals surface area contributed by atoms with Crippen LogP contribution >= 0.6 is 0 Å².